The summed E-state index contributed by atoms with van der Waals surface area (Å²) in [6.07, 6.45) is 0.923. The lowest BCUT2D eigenvalue weighted by atomic mass is 10.2. The number of rotatable bonds is 8. The highest BCUT2D eigenvalue weighted by Crippen LogP contribution is 2.12. The molecule has 0 saturated heterocycles. The second-order valence-electron chi connectivity index (χ2n) is 4.60. The van der Waals surface area contributed by atoms with Gasteiger partial charge >= 0.3 is 0 Å². The molecule has 1 amide bonds. The molecule has 0 aromatic heterocycles. The lowest BCUT2D eigenvalue weighted by Gasteiger charge is -2.20. The molecular weight excluding hydrogens is 272 g/mol. The predicted octanol–water partition coefficient (Wildman–Crippen LogP) is 2.29. The Hall–Kier alpha value is -1.62. The Morgan fingerprint density at radius 2 is 2.15 bits per heavy atom. The summed E-state index contributed by atoms with van der Waals surface area (Å²) >= 11 is 4.83. The van der Waals surface area contributed by atoms with Crippen LogP contribution in [-0.2, 0) is 4.79 Å². The van der Waals surface area contributed by atoms with E-state index in [9.17, 15) is 4.79 Å². The smallest absolute Gasteiger partial charge is 0.225 e. The molecule has 0 saturated carbocycles. The van der Waals surface area contributed by atoms with Crippen LogP contribution in [-0.4, -0.2) is 35.5 Å². The van der Waals surface area contributed by atoms with Crippen molar-refractivity contribution in [3.8, 4) is 5.75 Å². The molecule has 110 valence electrons. The monoisotopic (exact) mass is 294 g/mol. The summed E-state index contributed by atoms with van der Waals surface area (Å²) < 4.78 is 5.58. The normalized spacial score (nSPS) is 10.1. The predicted molar refractivity (Wildman–Crippen MR) is 84.9 cm³/mol. The SMILES string of the molecule is CCN(CCC(N)=S)C(=O)CCOc1cccc(C)c1. The van der Waals surface area contributed by atoms with Gasteiger partial charge in [0.15, 0.2) is 0 Å². The number of carbonyl (C=O) groups excluding carboxylic acids is 1. The maximum atomic E-state index is 12.0. The van der Waals surface area contributed by atoms with E-state index in [0.29, 0.717) is 37.5 Å². The van der Waals surface area contributed by atoms with Gasteiger partial charge in [0, 0.05) is 19.5 Å². The van der Waals surface area contributed by atoms with E-state index in [2.05, 4.69) is 0 Å². The van der Waals surface area contributed by atoms with Crippen molar-refractivity contribution >= 4 is 23.1 Å². The molecule has 0 atom stereocenters. The first kappa shape index (κ1) is 16.4. The molecule has 1 rings (SSSR count). The van der Waals surface area contributed by atoms with E-state index < -0.39 is 0 Å². The van der Waals surface area contributed by atoms with Crippen molar-refractivity contribution < 1.29 is 9.53 Å². The van der Waals surface area contributed by atoms with E-state index in [4.69, 9.17) is 22.7 Å². The van der Waals surface area contributed by atoms with Crippen LogP contribution in [0.25, 0.3) is 0 Å². The molecule has 0 radical (unpaired) electrons. The molecule has 1 aromatic carbocycles. The third-order valence-corrected chi connectivity index (χ3v) is 3.14. The van der Waals surface area contributed by atoms with Gasteiger partial charge in [-0.1, -0.05) is 24.4 Å². The number of thiocarbonyl (C=S) groups is 1. The van der Waals surface area contributed by atoms with Gasteiger partial charge in [0.1, 0.15) is 5.75 Å². The minimum absolute atomic E-state index is 0.0661. The van der Waals surface area contributed by atoms with Crippen LogP contribution in [0.1, 0.15) is 25.3 Å². The Kier molecular flexibility index (Phi) is 7.01. The van der Waals surface area contributed by atoms with Gasteiger partial charge in [0.05, 0.1) is 18.0 Å². The highest BCUT2D eigenvalue weighted by Gasteiger charge is 2.11. The fraction of sp³-hybridized carbons (Fsp3) is 0.467. The Morgan fingerprint density at radius 1 is 1.40 bits per heavy atom. The molecule has 0 spiro atoms. The van der Waals surface area contributed by atoms with E-state index in [1.165, 1.54) is 0 Å². The molecule has 0 aliphatic carbocycles. The Morgan fingerprint density at radius 3 is 2.75 bits per heavy atom. The minimum atomic E-state index is 0.0661. The Balaban J connectivity index is 2.36. The molecule has 5 heteroatoms. The number of ether oxygens (including phenoxy) is 1. The zero-order chi connectivity index (χ0) is 15.0. The van der Waals surface area contributed by atoms with Crippen LogP contribution in [0.15, 0.2) is 24.3 Å². The van der Waals surface area contributed by atoms with Gasteiger partial charge in [-0.25, -0.2) is 0 Å². The van der Waals surface area contributed by atoms with Gasteiger partial charge in [-0.15, -0.1) is 0 Å². The summed E-state index contributed by atoms with van der Waals surface area (Å²) in [5, 5.41) is 0. The summed E-state index contributed by atoms with van der Waals surface area (Å²) in [5.74, 6) is 0.861. The van der Waals surface area contributed by atoms with Crippen LogP contribution in [0.3, 0.4) is 0 Å². The molecule has 0 bridgehead atoms. The maximum absolute atomic E-state index is 12.0. The Labute approximate surface area is 125 Å². The van der Waals surface area contributed by atoms with Crippen LogP contribution in [0, 0.1) is 6.92 Å². The second-order valence-corrected chi connectivity index (χ2v) is 5.13. The van der Waals surface area contributed by atoms with Gasteiger partial charge in [-0.2, -0.15) is 0 Å². The van der Waals surface area contributed by atoms with Crippen molar-refractivity contribution in [2.45, 2.75) is 26.7 Å². The van der Waals surface area contributed by atoms with Crippen molar-refractivity contribution in [2.24, 2.45) is 5.73 Å². The quantitative estimate of drug-likeness (QED) is 0.747. The number of nitrogens with two attached hydrogens (primary N) is 1. The lowest BCUT2D eigenvalue weighted by molar-refractivity contribution is -0.131. The molecule has 0 unspecified atom stereocenters. The lowest BCUT2D eigenvalue weighted by Crippen LogP contribution is -2.34. The third-order valence-electron chi connectivity index (χ3n) is 2.94. The molecule has 4 nitrogen and oxygen atoms in total. The topological polar surface area (TPSA) is 55.6 Å². The molecular formula is C15H22N2O2S. The summed E-state index contributed by atoms with van der Waals surface area (Å²) in [5.41, 5.74) is 6.59. The second kappa shape index (κ2) is 8.53. The first-order valence-electron chi connectivity index (χ1n) is 6.78. The average Bonchev–Trinajstić information content (AvgIpc) is 2.39. The van der Waals surface area contributed by atoms with Crippen LogP contribution in [0.5, 0.6) is 5.75 Å². The first-order chi connectivity index (χ1) is 9.52. The number of benzene rings is 1. The number of hydrogen-bond acceptors (Lipinski definition) is 3. The number of amides is 1. The third kappa shape index (κ3) is 6.02. The molecule has 0 aliphatic rings. The van der Waals surface area contributed by atoms with Gasteiger partial charge in [-0.3, -0.25) is 4.79 Å². The molecule has 20 heavy (non-hydrogen) atoms. The van der Waals surface area contributed by atoms with Crippen molar-refractivity contribution in [1.29, 1.82) is 0 Å². The molecule has 1 aromatic rings. The minimum Gasteiger partial charge on any atom is -0.493 e. The largest absolute Gasteiger partial charge is 0.493 e. The van der Waals surface area contributed by atoms with Gasteiger partial charge in [0.2, 0.25) is 5.91 Å². The summed E-state index contributed by atoms with van der Waals surface area (Å²) in [4.78, 5) is 14.2. The summed E-state index contributed by atoms with van der Waals surface area (Å²) in [6, 6.07) is 7.79. The first-order valence-corrected chi connectivity index (χ1v) is 7.19. The van der Waals surface area contributed by atoms with E-state index in [-0.39, 0.29) is 5.91 Å². The van der Waals surface area contributed by atoms with Crippen molar-refractivity contribution in [2.75, 3.05) is 19.7 Å². The van der Waals surface area contributed by atoms with E-state index >= 15 is 0 Å². The molecule has 0 heterocycles. The van der Waals surface area contributed by atoms with Crippen LogP contribution in [0.2, 0.25) is 0 Å². The summed E-state index contributed by atoms with van der Waals surface area (Å²) in [6.45, 7) is 5.57. The van der Waals surface area contributed by atoms with Gasteiger partial charge < -0.3 is 15.4 Å². The van der Waals surface area contributed by atoms with E-state index in [0.717, 1.165) is 11.3 Å². The maximum Gasteiger partial charge on any atom is 0.225 e. The van der Waals surface area contributed by atoms with Crippen molar-refractivity contribution in [3.63, 3.8) is 0 Å². The van der Waals surface area contributed by atoms with Gasteiger partial charge in [0.25, 0.3) is 0 Å². The molecule has 0 aliphatic heterocycles. The fourth-order valence-electron chi connectivity index (χ4n) is 1.82. The fourth-order valence-corrected chi connectivity index (χ4v) is 1.92. The van der Waals surface area contributed by atoms with Crippen LogP contribution >= 0.6 is 12.2 Å². The standard InChI is InChI=1S/C15H22N2O2S/c1-3-17(9-7-14(16)20)15(18)8-10-19-13-6-4-5-12(2)11-13/h4-6,11H,3,7-10H2,1-2H3,(H2,16,20). The average molecular weight is 294 g/mol. The molecule has 0 fully saturated rings. The summed E-state index contributed by atoms with van der Waals surface area (Å²) in [7, 11) is 0. The zero-order valence-electron chi connectivity index (χ0n) is 12.1. The van der Waals surface area contributed by atoms with Crippen LogP contribution < -0.4 is 10.5 Å². The Bertz CT molecular complexity index is 463. The van der Waals surface area contributed by atoms with Crippen LogP contribution in [0.4, 0.5) is 0 Å². The van der Waals surface area contributed by atoms with Gasteiger partial charge in [-0.05, 0) is 31.5 Å². The number of carbonyl (C=O) groups is 1. The van der Waals surface area contributed by atoms with Crippen molar-refractivity contribution in [3.05, 3.63) is 29.8 Å². The highest BCUT2D eigenvalue weighted by molar-refractivity contribution is 7.80. The zero-order valence-corrected chi connectivity index (χ0v) is 12.9. The number of aryl methyl sites for hydroxylation is 1. The molecule has 2 N–H and O–H groups in total. The van der Waals surface area contributed by atoms with Crippen molar-refractivity contribution in [1.82, 2.24) is 4.90 Å². The van der Waals surface area contributed by atoms with E-state index in [1.807, 2.05) is 38.1 Å². The van der Waals surface area contributed by atoms with E-state index in [1.54, 1.807) is 4.90 Å². The number of hydrogen-bond donors (Lipinski definition) is 1. The highest BCUT2D eigenvalue weighted by atomic mass is 32.1. The number of nitrogens with zero attached hydrogens (tertiary/aromatic N) is 1.